The molecule has 1 N–H and O–H groups in total. The van der Waals surface area contributed by atoms with Crippen LogP contribution in [0.4, 0.5) is 4.39 Å². The third-order valence-corrected chi connectivity index (χ3v) is 3.62. The van der Waals surface area contributed by atoms with E-state index in [0.29, 0.717) is 12.3 Å². The number of halogens is 1. The van der Waals surface area contributed by atoms with Crippen LogP contribution in [0, 0.1) is 5.82 Å². The Kier molecular flexibility index (Phi) is 5.41. The number of nitrogens with zero attached hydrogens (tertiary/aromatic N) is 2. The standard InChI is InChI=1S/C19H18FN3O2/c20-17-5-7-18(8-6-17)25-13-19(24)22-11-15-1-3-16(4-2-15)12-23-10-9-21-14-23/h1-10,14H,11-13H2,(H,22,24). The van der Waals surface area contributed by atoms with Crippen LogP contribution in [0.2, 0.25) is 0 Å². The maximum atomic E-state index is 12.8. The first-order valence-corrected chi connectivity index (χ1v) is 7.88. The maximum Gasteiger partial charge on any atom is 0.258 e. The molecule has 0 saturated carbocycles. The number of rotatable bonds is 7. The second kappa shape index (κ2) is 8.10. The fourth-order valence-electron chi connectivity index (χ4n) is 2.28. The topological polar surface area (TPSA) is 56.1 Å². The molecule has 0 fully saturated rings. The SMILES string of the molecule is O=C(COc1ccc(F)cc1)NCc1ccc(Cn2ccnc2)cc1. The minimum atomic E-state index is -0.340. The van der Waals surface area contributed by atoms with Gasteiger partial charge in [0.05, 0.1) is 6.33 Å². The highest BCUT2D eigenvalue weighted by Crippen LogP contribution is 2.11. The summed E-state index contributed by atoms with van der Waals surface area (Å²) in [5.74, 6) is -0.111. The minimum absolute atomic E-state index is 0.107. The van der Waals surface area contributed by atoms with Gasteiger partial charge in [-0.05, 0) is 35.4 Å². The molecular formula is C19H18FN3O2. The Hall–Kier alpha value is -3.15. The van der Waals surface area contributed by atoms with Crippen LogP contribution in [-0.4, -0.2) is 22.1 Å². The van der Waals surface area contributed by atoms with Crippen molar-refractivity contribution < 1.29 is 13.9 Å². The quantitative estimate of drug-likeness (QED) is 0.720. The van der Waals surface area contributed by atoms with Crippen LogP contribution in [0.15, 0.2) is 67.3 Å². The summed E-state index contributed by atoms with van der Waals surface area (Å²) in [7, 11) is 0. The summed E-state index contributed by atoms with van der Waals surface area (Å²) >= 11 is 0. The number of hydrogen-bond acceptors (Lipinski definition) is 3. The lowest BCUT2D eigenvalue weighted by atomic mass is 10.1. The van der Waals surface area contributed by atoms with Crippen molar-refractivity contribution in [2.75, 3.05) is 6.61 Å². The number of nitrogens with one attached hydrogen (secondary N) is 1. The molecule has 1 amide bonds. The number of imidazole rings is 1. The first kappa shape index (κ1) is 16.7. The van der Waals surface area contributed by atoms with E-state index in [1.807, 2.05) is 35.0 Å². The van der Waals surface area contributed by atoms with Crippen LogP contribution >= 0.6 is 0 Å². The van der Waals surface area contributed by atoms with Crippen LogP contribution in [0.5, 0.6) is 5.75 Å². The van der Waals surface area contributed by atoms with Crippen molar-refractivity contribution in [2.24, 2.45) is 0 Å². The van der Waals surface area contributed by atoms with Gasteiger partial charge in [-0.3, -0.25) is 4.79 Å². The van der Waals surface area contributed by atoms with Gasteiger partial charge >= 0.3 is 0 Å². The Morgan fingerprint density at radius 1 is 1.08 bits per heavy atom. The summed E-state index contributed by atoms with van der Waals surface area (Å²) in [5.41, 5.74) is 2.16. The Labute approximate surface area is 145 Å². The highest BCUT2D eigenvalue weighted by molar-refractivity contribution is 5.77. The van der Waals surface area contributed by atoms with Gasteiger partial charge in [-0.1, -0.05) is 24.3 Å². The molecule has 3 rings (SSSR count). The molecule has 1 aromatic heterocycles. The lowest BCUT2D eigenvalue weighted by molar-refractivity contribution is -0.123. The smallest absolute Gasteiger partial charge is 0.258 e. The number of benzene rings is 2. The molecule has 6 heteroatoms. The van der Waals surface area contributed by atoms with Crippen molar-refractivity contribution in [2.45, 2.75) is 13.1 Å². The van der Waals surface area contributed by atoms with E-state index < -0.39 is 0 Å². The fourth-order valence-corrected chi connectivity index (χ4v) is 2.28. The summed E-state index contributed by atoms with van der Waals surface area (Å²) in [5, 5.41) is 2.79. The van der Waals surface area contributed by atoms with E-state index in [2.05, 4.69) is 10.3 Å². The number of ether oxygens (including phenoxy) is 1. The molecule has 0 saturated heterocycles. The van der Waals surface area contributed by atoms with E-state index in [-0.39, 0.29) is 18.3 Å². The molecule has 0 bridgehead atoms. The van der Waals surface area contributed by atoms with Crippen molar-refractivity contribution in [3.63, 3.8) is 0 Å². The van der Waals surface area contributed by atoms with Gasteiger partial charge in [-0.2, -0.15) is 0 Å². The van der Waals surface area contributed by atoms with Crippen molar-refractivity contribution in [3.8, 4) is 5.75 Å². The number of amides is 1. The van der Waals surface area contributed by atoms with Crippen LogP contribution in [0.1, 0.15) is 11.1 Å². The van der Waals surface area contributed by atoms with Gasteiger partial charge in [-0.15, -0.1) is 0 Å². The van der Waals surface area contributed by atoms with Crippen molar-refractivity contribution in [3.05, 3.63) is 84.2 Å². The van der Waals surface area contributed by atoms with Crippen LogP contribution in [-0.2, 0) is 17.9 Å². The molecule has 0 aliphatic carbocycles. The molecule has 1 heterocycles. The molecule has 0 radical (unpaired) electrons. The second-order valence-electron chi connectivity index (χ2n) is 5.57. The average molecular weight is 339 g/mol. The summed E-state index contributed by atoms with van der Waals surface area (Å²) in [6.07, 6.45) is 5.43. The summed E-state index contributed by atoms with van der Waals surface area (Å²) in [6.45, 7) is 1.08. The summed E-state index contributed by atoms with van der Waals surface area (Å²) in [6, 6.07) is 13.6. The van der Waals surface area contributed by atoms with Gasteiger partial charge in [0, 0.05) is 25.5 Å². The normalized spacial score (nSPS) is 10.4. The fraction of sp³-hybridized carbons (Fsp3) is 0.158. The van der Waals surface area contributed by atoms with Gasteiger partial charge in [0.25, 0.3) is 5.91 Å². The number of hydrogen-bond donors (Lipinski definition) is 1. The Bertz CT molecular complexity index is 800. The van der Waals surface area contributed by atoms with E-state index in [1.54, 1.807) is 12.5 Å². The molecule has 128 valence electrons. The molecule has 3 aromatic rings. The Morgan fingerprint density at radius 3 is 2.48 bits per heavy atom. The Morgan fingerprint density at radius 2 is 1.80 bits per heavy atom. The lowest BCUT2D eigenvalue weighted by Crippen LogP contribution is -2.28. The molecule has 2 aromatic carbocycles. The van der Waals surface area contributed by atoms with E-state index in [1.165, 1.54) is 24.3 Å². The third-order valence-electron chi connectivity index (χ3n) is 3.62. The molecule has 0 atom stereocenters. The highest BCUT2D eigenvalue weighted by Gasteiger charge is 2.03. The first-order valence-electron chi connectivity index (χ1n) is 7.88. The zero-order valence-corrected chi connectivity index (χ0v) is 13.6. The van der Waals surface area contributed by atoms with E-state index in [0.717, 1.165) is 17.7 Å². The van der Waals surface area contributed by atoms with Crippen LogP contribution < -0.4 is 10.1 Å². The average Bonchev–Trinajstić information content (AvgIpc) is 3.14. The van der Waals surface area contributed by atoms with E-state index in [4.69, 9.17) is 4.74 Å². The molecule has 0 aliphatic rings. The molecular weight excluding hydrogens is 321 g/mol. The lowest BCUT2D eigenvalue weighted by Gasteiger charge is -2.08. The second-order valence-corrected chi connectivity index (χ2v) is 5.57. The van der Waals surface area contributed by atoms with Crippen molar-refractivity contribution in [1.82, 2.24) is 14.9 Å². The zero-order valence-electron chi connectivity index (χ0n) is 13.6. The minimum Gasteiger partial charge on any atom is -0.484 e. The van der Waals surface area contributed by atoms with Gasteiger partial charge in [-0.25, -0.2) is 9.37 Å². The van der Waals surface area contributed by atoms with E-state index in [9.17, 15) is 9.18 Å². The maximum absolute atomic E-state index is 12.8. The van der Waals surface area contributed by atoms with Crippen molar-refractivity contribution >= 4 is 5.91 Å². The summed E-state index contributed by atoms with van der Waals surface area (Å²) in [4.78, 5) is 15.8. The first-order chi connectivity index (χ1) is 12.2. The molecule has 0 spiro atoms. The van der Waals surface area contributed by atoms with Gasteiger partial charge in [0.2, 0.25) is 0 Å². The van der Waals surface area contributed by atoms with Gasteiger partial charge in [0.1, 0.15) is 11.6 Å². The predicted octanol–water partition coefficient (Wildman–Crippen LogP) is 2.77. The Balaban J connectivity index is 1.43. The third kappa shape index (κ3) is 5.17. The van der Waals surface area contributed by atoms with Crippen LogP contribution in [0.3, 0.4) is 0 Å². The molecule has 0 aliphatic heterocycles. The number of aromatic nitrogens is 2. The largest absolute Gasteiger partial charge is 0.484 e. The van der Waals surface area contributed by atoms with Gasteiger partial charge in [0.15, 0.2) is 6.61 Å². The van der Waals surface area contributed by atoms with Crippen molar-refractivity contribution in [1.29, 1.82) is 0 Å². The number of carbonyl (C=O) groups is 1. The number of carbonyl (C=O) groups excluding carboxylic acids is 1. The highest BCUT2D eigenvalue weighted by atomic mass is 19.1. The molecule has 25 heavy (non-hydrogen) atoms. The van der Waals surface area contributed by atoms with E-state index >= 15 is 0 Å². The zero-order chi connectivity index (χ0) is 17.5. The molecule has 5 nitrogen and oxygen atoms in total. The monoisotopic (exact) mass is 339 g/mol. The molecule has 0 unspecified atom stereocenters. The predicted molar refractivity (Wildman–Crippen MR) is 91.5 cm³/mol. The summed E-state index contributed by atoms with van der Waals surface area (Å²) < 4.78 is 20.1. The van der Waals surface area contributed by atoms with Gasteiger partial charge < -0.3 is 14.6 Å². The van der Waals surface area contributed by atoms with Crippen LogP contribution in [0.25, 0.3) is 0 Å².